The summed E-state index contributed by atoms with van der Waals surface area (Å²) in [5.41, 5.74) is 1.73. The molecule has 2 rings (SSSR count). The van der Waals surface area contributed by atoms with Gasteiger partial charge in [0.25, 0.3) is 5.91 Å². The van der Waals surface area contributed by atoms with E-state index in [1.54, 1.807) is 25.1 Å². The minimum absolute atomic E-state index is 0.171. The zero-order chi connectivity index (χ0) is 20.2. The number of carbonyl (C=O) groups is 2. The number of amides is 2. The van der Waals surface area contributed by atoms with Gasteiger partial charge >= 0.3 is 0 Å². The van der Waals surface area contributed by atoms with E-state index in [4.69, 9.17) is 0 Å². The van der Waals surface area contributed by atoms with Crippen LogP contribution >= 0.6 is 0 Å². The van der Waals surface area contributed by atoms with Gasteiger partial charge in [-0.3, -0.25) is 9.59 Å². The molecule has 27 heavy (non-hydrogen) atoms. The van der Waals surface area contributed by atoms with Gasteiger partial charge in [0.05, 0.1) is 0 Å². The van der Waals surface area contributed by atoms with Crippen molar-refractivity contribution in [2.24, 2.45) is 5.92 Å². The quantitative estimate of drug-likeness (QED) is 0.677. The summed E-state index contributed by atoms with van der Waals surface area (Å²) >= 11 is 0. The van der Waals surface area contributed by atoms with Crippen molar-refractivity contribution >= 4 is 27.3 Å². The molecule has 1 aliphatic rings. The lowest BCUT2D eigenvalue weighted by atomic mass is 9.95. The van der Waals surface area contributed by atoms with Crippen molar-refractivity contribution in [1.29, 1.82) is 0 Å². The van der Waals surface area contributed by atoms with Gasteiger partial charge in [-0.1, -0.05) is 13.8 Å². The van der Waals surface area contributed by atoms with Gasteiger partial charge in [-0.15, -0.1) is 0 Å². The van der Waals surface area contributed by atoms with E-state index in [0.29, 0.717) is 42.4 Å². The fraction of sp³-hybridized carbons (Fsp3) is 0.579. The molecular formula is C19H29N3O4S. The molecule has 8 heteroatoms. The molecule has 1 heterocycles. The topological polar surface area (TPSA) is 104 Å². The third kappa shape index (κ3) is 4.87. The van der Waals surface area contributed by atoms with Gasteiger partial charge in [-0.2, -0.15) is 0 Å². The van der Waals surface area contributed by atoms with Crippen molar-refractivity contribution in [3.63, 3.8) is 0 Å². The zero-order valence-electron chi connectivity index (χ0n) is 16.4. The highest BCUT2D eigenvalue weighted by atomic mass is 32.2. The number of sulfone groups is 1. The largest absolute Gasteiger partial charge is 0.352 e. The summed E-state index contributed by atoms with van der Waals surface area (Å²) in [7, 11) is -3.57. The van der Waals surface area contributed by atoms with Gasteiger partial charge in [-0.05, 0) is 62.5 Å². The lowest BCUT2D eigenvalue weighted by molar-refractivity contribution is -0.119. The van der Waals surface area contributed by atoms with E-state index in [-0.39, 0.29) is 18.7 Å². The number of aryl methyl sites for hydroxylation is 1. The third-order valence-corrected chi connectivity index (χ3v) is 6.96. The van der Waals surface area contributed by atoms with Crippen molar-refractivity contribution in [2.45, 2.75) is 38.4 Å². The maximum atomic E-state index is 12.9. The molecule has 0 bridgehead atoms. The van der Waals surface area contributed by atoms with Crippen LogP contribution in [0.4, 0.5) is 5.69 Å². The number of nitrogens with one attached hydrogen (secondary N) is 3. The molecule has 7 nitrogen and oxygen atoms in total. The first kappa shape index (κ1) is 21.4. The molecule has 3 N–H and O–H groups in total. The van der Waals surface area contributed by atoms with Crippen LogP contribution in [0.3, 0.4) is 0 Å². The van der Waals surface area contributed by atoms with E-state index in [1.807, 2.05) is 13.8 Å². The number of piperidine rings is 1. The van der Waals surface area contributed by atoms with Crippen LogP contribution in [0.1, 0.15) is 42.6 Å². The summed E-state index contributed by atoms with van der Waals surface area (Å²) in [4.78, 5) is 25.1. The lowest BCUT2D eigenvalue weighted by Crippen LogP contribution is -2.55. The maximum Gasteiger partial charge on any atom is 0.251 e. The Morgan fingerprint density at radius 2 is 1.85 bits per heavy atom. The third-order valence-electron chi connectivity index (χ3n) is 4.94. The summed E-state index contributed by atoms with van der Waals surface area (Å²) in [6.07, 6.45) is 1.60. The molecule has 2 amide bonds. The second kappa shape index (κ2) is 8.39. The smallest absolute Gasteiger partial charge is 0.251 e. The van der Waals surface area contributed by atoms with Crippen molar-refractivity contribution in [2.75, 3.05) is 31.2 Å². The number of hydrogen-bond donors (Lipinski definition) is 3. The van der Waals surface area contributed by atoms with Gasteiger partial charge in [-0.25, -0.2) is 8.42 Å². The highest BCUT2D eigenvalue weighted by Gasteiger charge is 2.48. The predicted octanol–water partition coefficient (Wildman–Crippen LogP) is 1.49. The molecule has 1 aromatic carbocycles. The molecule has 0 aliphatic carbocycles. The standard InChI is InChI=1S/C19H29N3O4S/c1-13(2)12-21-17(23)15-5-6-16(14(3)11-15)22-18(24)19(27(4,25)26)7-9-20-10-8-19/h5-6,11,13,20H,7-10,12H2,1-4H3,(H,21,23)(H,22,24). The van der Waals surface area contributed by atoms with Gasteiger partial charge in [0.1, 0.15) is 0 Å². The SMILES string of the molecule is Cc1cc(C(=O)NCC(C)C)ccc1NC(=O)C1(S(C)(=O)=O)CCNCC1. The average molecular weight is 396 g/mol. The molecule has 0 atom stereocenters. The minimum atomic E-state index is -3.57. The summed E-state index contributed by atoms with van der Waals surface area (Å²) in [6.45, 7) is 7.36. The molecule has 1 aliphatic heterocycles. The second-order valence-electron chi connectivity index (χ2n) is 7.60. The molecule has 0 saturated carbocycles. The molecule has 0 aromatic heterocycles. The van der Waals surface area contributed by atoms with Gasteiger partial charge in [0, 0.05) is 24.1 Å². The number of hydrogen-bond acceptors (Lipinski definition) is 5. The Balaban J connectivity index is 2.19. The first-order valence-electron chi connectivity index (χ1n) is 9.17. The van der Waals surface area contributed by atoms with Gasteiger partial charge < -0.3 is 16.0 Å². The van der Waals surface area contributed by atoms with E-state index in [0.717, 1.165) is 6.26 Å². The Kier molecular flexibility index (Phi) is 6.64. The van der Waals surface area contributed by atoms with Crippen molar-refractivity contribution < 1.29 is 18.0 Å². The van der Waals surface area contributed by atoms with E-state index >= 15 is 0 Å². The Bertz CT molecular complexity index is 812. The van der Waals surface area contributed by atoms with Gasteiger partial charge in [0.2, 0.25) is 5.91 Å². The normalized spacial score (nSPS) is 16.8. The predicted molar refractivity (Wildman–Crippen MR) is 107 cm³/mol. The summed E-state index contributed by atoms with van der Waals surface area (Å²) in [5, 5.41) is 8.71. The fourth-order valence-electron chi connectivity index (χ4n) is 3.18. The maximum absolute atomic E-state index is 12.9. The molecule has 0 radical (unpaired) electrons. The first-order chi connectivity index (χ1) is 12.6. The van der Waals surface area contributed by atoms with Crippen LogP contribution < -0.4 is 16.0 Å². The van der Waals surface area contributed by atoms with Crippen molar-refractivity contribution in [1.82, 2.24) is 10.6 Å². The van der Waals surface area contributed by atoms with E-state index in [2.05, 4.69) is 16.0 Å². The van der Waals surface area contributed by atoms with Crippen LogP contribution in [-0.4, -0.2) is 50.9 Å². The van der Waals surface area contributed by atoms with E-state index < -0.39 is 20.5 Å². The minimum Gasteiger partial charge on any atom is -0.352 e. The Hall–Kier alpha value is -1.93. The highest BCUT2D eigenvalue weighted by molar-refractivity contribution is 7.92. The van der Waals surface area contributed by atoms with Crippen LogP contribution in [0.15, 0.2) is 18.2 Å². The zero-order valence-corrected chi connectivity index (χ0v) is 17.2. The fourth-order valence-corrected chi connectivity index (χ4v) is 4.51. The van der Waals surface area contributed by atoms with E-state index in [1.165, 1.54) is 0 Å². The molecule has 0 unspecified atom stereocenters. The molecule has 1 saturated heterocycles. The first-order valence-corrected chi connectivity index (χ1v) is 11.1. The Morgan fingerprint density at radius 1 is 1.22 bits per heavy atom. The summed E-state index contributed by atoms with van der Waals surface area (Å²) in [6, 6.07) is 4.98. The van der Waals surface area contributed by atoms with Crippen LogP contribution in [0.2, 0.25) is 0 Å². The number of benzene rings is 1. The second-order valence-corrected chi connectivity index (χ2v) is 9.93. The van der Waals surface area contributed by atoms with Crippen LogP contribution in [0.5, 0.6) is 0 Å². The molecule has 1 aromatic rings. The molecule has 150 valence electrons. The molecule has 0 spiro atoms. The van der Waals surface area contributed by atoms with E-state index in [9.17, 15) is 18.0 Å². The highest BCUT2D eigenvalue weighted by Crippen LogP contribution is 2.30. The molecular weight excluding hydrogens is 366 g/mol. The van der Waals surface area contributed by atoms with Crippen molar-refractivity contribution in [3.8, 4) is 0 Å². The number of anilines is 1. The number of rotatable bonds is 6. The number of carbonyl (C=O) groups excluding carboxylic acids is 2. The Morgan fingerprint density at radius 3 is 2.37 bits per heavy atom. The van der Waals surface area contributed by atoms with Crippen LogP contribution in [-0.2, 0) is 14.6 Å². The Labute approximate surface area is 161 Å². The van der Waals surface area contributed by atoms with Crippen molar-refractivity contribution in [3.05, 3.63) is 29.3 Å². The van der Waals surface area contributed by atoms with Crippen LogP contribution in [0, 0.1) is 12.8 Å². The van der Waals surface area contributed by atoms with Crippen LogP contribution in [0.25, 0.3) is 0 Å². The molecule has 1 fully saturated rings. The lowest BCUT2D eigenvalue weighted by Gasteiger charge is -2.34. The summed E-state index contributed by atoms with van der Waals surface area (Å²) < 4.78 is 23.3. The monoisotopic (exact) mass is 395 g/mol. The van der Waals surface area contributed by atoms with Gasteiger partial charge in [0.15, 0.2) is 14.6 Å². The average Bonchev–Trinajstić information content (AvgIpc) is 2.60. The summed E-state index contributed by atoms with van der Waals surface area (Å²) in [5.74, 6) is -0.326.